The lowest BCUT2D eigenvalue weighted by Crippen LogP contribution is -1.90. The van der Waals surface area contributed by atoms with Crippen molar-refractivity contribution in [3.8, 4) is 0 Å². The molecule has 0 N–H and O–H groups in total. The van der Waals surface area contributed by atoms with Crippen molar-refractivity contribution >= 4 is 32.4 Å². The lowest BCUT2D eigenvalue weighted by Gasteiger charge is -1.99. The molecule has 0 aliphatic carbocycles. The van der Waals surface area contributed by atoms with E-state index in [1.54, 1.807) is 12.3 Å². The van der Waals surface area contributed by atoms with E-state index in [-0.39, 0.29) is 5.69 Å². The van der Waals surface area contributed by atoms with Gasteiger partial charge in [-0.05, 0) is 15.9 Å². The first-order valence-corrected chi connectivity index (χ1v) is 4.66. The third kappa shape index (κ3) is 1.35. The highest BCUT2D eigenvalue weighted by Gasteiger charge is 2.11. The molecule has 1 aromatic carbocycles. The lowest BCUT2D eigenvalue weighted by atomic mass is 10.1. The first-order valence-electron chi connectivity index (χ1n) is 3.87. The Morgan fingerprint density at radius 1 is 1.29 bits per heavy atom. The molecule has 2 rings (SSSR count). The summed E-state index contributed by atoms with van der Waals surface area (Å²) < 4.78 is 0.763. The minimum absolute atomic E-state index is 0.0799. The molecule has 0 saturated heterocycles. The van der Waals surface area contributed by atoms with Crippen molar-refractivity contribution in [3.63, 3.8) is 0 Å². The van der Waals surface area contributed by atoms with Gasteiger partial charge in [-0.15, -0.1) is 0 Å². The Bertz CT molecular complexity index is 513. The molecular formula is C9H5BrN2O2. The molecule has 0 amide bonds. The van der Waals surface area contributed by atoms with Crippen molar-refractivity contribution in [1.82, 2.24) is 4.98 Å². The molecule has 0 radical (unpaired) electrons. The highest BCUT2D eigenvalue weighted by molar-refractivity contribution is 9.10. The van der Waals surface area contributed by atoms with Gasteiger partial charge in [-0.2, -0.15) is 0 Å². The molecule has 4 nitrogen and oxygen atoms in total. The molecule has 1 aromatic heterocycles. The summed E-state index contributed by atoms with van der Waals surface area (Å²) in [6.45, 7) is 0. The van der Waals surface area contributed by atoms with Crippen LogP contribution in [0.1, 0.15) is 0 Å². The Hall–Kier alpha value is -1.49. The fourth-order valence-corrected chi connectivity index (χ4v) is 1.77. The summed E-state index contributed by atoms with van der Waals surface area (Å²) in [4.78, 5) is 14.2. The van der Waals surface area contributed by atoms with E-state index >= 15 is 0 Å². The van der Waals surface area contributed by atoms with Gasteiger partial charge >= 0.3 is 0 Å². The third-order valence-corrected chi connectivity index (χ3v) is 2.56. The Labute approximate surface area is 87.9 Å². The molecule has 5 heteroatoms. The molecule has 70 valence electrons. The molecule has 2 aromatic rings. The zero-order valence-corrected chi connectivity index (χ0v) is 8.56. The Morgan fingerprint density at radius 3 is 2.79 bits per heavy atom. The maximum atomic E-state index is 10.7. The topological polar surface area (TPSA) is 56.0 Å². The van der Waals surface area contributed by atoms with Gasteiger partial charge in [0.25, 0.3) is 5.69 Å². The number of hydrogen-bond donors (Lipinski definition) is 0. The number of halogens is 1. The summed E-state index contributed by atoms with van der Waals surface area (Å²) in [5, 5.41) is 12.0. The SMILES string of the molecule is O=[N+]([O-])c1cccc2c(Br)cncc12. The Morgan fingerprint density at radius 2 is 2.07 bits per heavy atom. The molecule has 0 spiro atoms. The predicted octanol–water partition coefficient (Wildman–Crippen LogP) is 2.91. The van der Waals surface area contributed by atoms with Gasteiger partial charge in [0.05, 0.1) is 10.3 Å². The second kappa shape index (κ2) is 3.34. The minimum atomic E-state index is -0.406. The number of fused-ring (bicyclic) bond motifs is 1. The van der Waals surface area contributed by atoms with Crippen molar-refractivity contribution in [2.45, 2.75) is 0 Å². The van der Waals surface area contributed by atoms with Crippen LogP contribution in [0.3, 0.4) is 0 Å². The zero-order chi connectivity index (χ0) is 10.1. The largest absolute Gasteiger partial charge is 0.278 e. The van der Waals surface area contributed by atoms with Crippen LogP contribution in [0.2, 0.25) is 0 Å². The van der Waals surface area contributed by atoms with E-state index in [0.717, 1.165) is 9.86 Å². The van der Waals surface area contributed by atoms with E-state index in [2.05, 4.69) is 20.9 Å². The lowest BCUT2D eigenvalue weighted by molar-refractivity contribution is -0.383. The number of rotatable bonds is 1. The van der Waals surface area contributed by atoms with Crippen LogP contribution in [0.25, 0.3) is 10.8 Å². The maximum Gasteiger partial charge on any atom is 0.278 e. The van der Waals surface area contributed by atoms with E-state index in [9.17, 15) is 10.1 Å². The summed E-state index contributed by atoms with van der Waals surface area (Å²) in [6.07, 6.45) is 3.12. The van der Waals surface area contributed by atoms with Gasteiger partial charge in [0.2, 0.25) is 0 Å². The number of non-ortho nitro benzene ring substituents is 1. The number of pyridine rings is 1. The van der Waals surface area contributed by atoms with Gasteiger partial charge in [-0.3, -0.25) is 15.1 Å². The van der Waals surface area contributed by atoms with Crippen LogP contribution < -0.4 is 0 Å². The number of hydrogen-bond acceptors (Lipinski definition) is 3. The normalized spacial score (nSPS) is 10.4. The average molecular weight is 253 g/mol. The molecule has 0 aliphatic rings. The van der Waals surface area contributed by atoms with Gasteiger partial charge in [-0.1, -0.05) is 12.1 Å². The summed E-state index contributed by atoms with van der Waals surface area (Å²) in [5.41, 5.74) is 0.0799. The van der Waals surface area contributed by atoms with Crippen LogP contribution in [0, 0.1) is 10.1 Å². The van der Waals surface area contributed by atoms with Crippen molar-refractivity contribution in [2.24, 2.45) is 0 Å². The molecular weight excluding hydrogens is 248 g/mol. The number of nitro groups is 1. The van der Waals surface area contributed by atoms with Crippen LogP contribution in [0.5, 0.6) is 0 Å². The van der Waals surface area contributed by atoms with Gasteiger partial charge in [0.1, 0.15) is 0 Å². The van der Waals surface area contributed by atoms with E-state index in [1.165, 1.54) is 12.3 Å². The fourth-order valence-electron chi connectivity index (χ4n) is 1.30. The highest BCUT2D eigenvalue weighted by atomic mass is 79.9. The van der Waals surface area contributed by atoms with E-state index in [0.29, 0.717) is 5.39 Å². The van der Waals surface area contributed by atoms with Crippen LogP contribution in [-0.4, -0.2) is 9.91 Å². The van der Waals surface area contributed by atoms with Crippen molar-refractivity contribution in [3.05, 3.63) is 45.2 Å². The number of aromatic nitrogens is 1. The van der Waals surface area contributed by atoms with Gasteiger partial charge < -0.3 is 0 Å². The first-order chi connectivity index (χ1) is 6.70. The van der Waals surface area contributed by atoms with E-state index in [1.807, 2.05) is 6.07 Å². The smallest absolute Gasteiger partial charge is 0.263 e. The molecule has 14 heavy (non-hydrogen) atoms. The monoisotopic (exact) mass is 252 g/mol. The molecule has 0 fully saturated rings. The summed E-state index contributed by atoms with van der Waals surface area (Å²) in [5.74, 6) is 0. The van der Waals surface area contributed by atoms with Crippen LogP contribution in [0.15, 0.2) is 35.1 Å². The van der Waals surface area contributed by atoms with Gasteiger partial charge in [0.15, 0.2) is 0 Å². The number of nitrogens with zero attached hydrogens (tertiary/aromatic N) is 2. The summed E-state index contributed by atoms with van der Waals surface area (Å²) >= 11 is 3.30. The number of nitro benzene ring substituents is 1. The van der Waals surface area contributed by atoms with Gasteiger partial charge in [-0.25, -0.2) is 0 Å². The minimum Gasteiger partial charge on any atom is -0.263 e. The van der Waals surface area contributed by atoms with Gasteiger partial charge in [0, 0.05) is 28.3 Å². The molecule has 1 heterocycles. The molecule has 0 saturated carbocycles. The van der Waals surface area contributed by atoms with E-state index in [4.69, 9.17) is 0 Å². The average Bonchev–Trinajstić information content (AvgIpc) is 2.17. The predicted molar refractivity (Wildman–Crippen MR) is 56.1 cm³/mol. The van der Waals surface area contributed by atoms with E-state index < -0.39 is 4.92 Å². The third-order valence-electron chi connectivity index (χ3n) is 1.93. The number of benzene rings is 1. The molecule has 0 atom stereocenters. The van der Waals surface area contributed by atoms with Crippen LogP contribution >= 0.6 is 15.9 Å². The molecule has 0 aliphatic heterocycles. The first kappa shape index (κ1) is 9.08. The van der Waals surface area contributed by atoms with Crippen molar-refractivity contribution in [1.29, 1.82) is 0 Å². The summed E-state index contributed by atoms with van der Waals surface area (Å²) in [7, 11) is 0. The Balaban J connectivity index is 2.88. The standard InChI is InChI=1S/C9H5BrN2O2/c10-8-5-11-4-7-6(8)2-1-3-9(7)12(13)14/h1-5H. The van der Waals surface area contributed by atoms with Crippen LogP contribution in [0.4, 0.5) is 5.69 Å². The summed E-state index contributed by atoms with van der Waals surface area (Å²) in [6, 6.07) is 4.94. The quantitative estimate of drug-likeness (QED) is 0.579. The second-order valence-corrected chi connectivity index (χ2v) is 3.61. The molecule has 0 bridgehead atoms. The molecule has 0 unspecified atom stereocenters. The van der Waals surface area contributed by atoms with Crippen LogP contribution in [-0.2, 0) is 0 Å². The highest BCUT2D eigenvalue weighted by Crippen LogP contribution is 2.29. The maximum absolute atomic E-state index is 10.7. The van der Waals surface area contributed by atoms with Crippen molar-refractivity contribution in [2.75, 3.05) is 0 Å². The van der Waals surface area contributed by atoms with Crippen molar-refractivity contribution < 1.29 is 4.92 Å². The fraction of sp³-hybridized carbons (Fsp3) is 0. The Kier molecular flexibility index (Phi) is 2.17. The second-order valence-electron chi connectivity index (χ2n) is 2.75. The zero-order valence-electron chi connectivity index (χ0n) is 6.98.